The van der Waals surface area contributed by atoms with Crippen molar-refractivity contribution in [2.24, 2.45) is 0 Å². The molecule has 0 radical (unpaired) electrons. The quantitative estimate of drug-likeness (QED) is 0.793. The smallest absolute Gasteiger partial charge is 0.338 e. The van der Waals surface area contributed by atoms with Crippen molar-refractivity contribution in [2.45, 2.75) is 0 Å². The summed E-state index contributed by atoms with van der Waals surface area (Å²) in [5, 5.41) is 0. The lowest BCUT2D eigenvalue weighted by Gasteiger charge is -2.03. The van der Waals surface area contributed by atoms with Crippen LogP contribution in [-0.4, -0.2) is 25.2 Å². The maximum absolute atomic E-state index is 11.4. The predicted molar refractivity (Wildman–Crippen MR) is 59.6 cm³/mol. The molecule has 0 atom stereocenters. The minimum absolute atomic E-state index is 0.336. The lowest BCUT2D eigenvalue weighted by molar-refractivity contribution is 0.0600. The molecule has 0 N–H and O–H groups in total. The van der Waals surface area contributed by atoms with Gasteiger partial charge < -0.3 is 13.9 Å². The lowest BCUT2D eigenvalue weighted by Crippen LogP contribution is -2.01. The summed E-state index contributed by atoms with van der Waals surface area (Å²) in [6.07, 6.45) is 0. The number of ether oxygens (including phenoxy) is 2. The van der Waals surface area contributed by atoms with Crippen molar-refractivity contribution in [3.05, 3.63) is 22.5 Å². The summed E-state index contributed by atoms with van der Waals surface area (Å²) in [5.41, 5.74) is 1.38. The van der Waals surface area contributed by atoms with Gasteiger partial charge in [0.05, 0.1) is 19.8 Å². The summed E-state index contributed by atoms with van der Waals surface area (Å²) >= 11 is 3.12. The van der Waals surface area contributed by atoms with Crippen LogP contribution >= 0.6 is 15.9 Å². The Morgan fingerprint density at radius 2 is 2.19 bits per heavy atom. The fourth-order valence-corrected chi connectivity index (χ4v) is 1.71. The molecule has 1 aromatic carbocycles. The molecule has 84 valence electrons. The third kappa shape index (κ3) is 1.76. The fraction of sp³-hybridized carbons (Fsp3) is 0.200. The number of oxazole rings is 1. The predicted octanol–water partition coefficient (Wildman–Crippen LogP) is 2.39. The van der Waals surface area contributed by atoms with Crippen molar-refractivity contribution in [3.63, 3.8) is 0 Å². The van der Waals surface area contributed by atoms with Gasteiger partial charge in [-0.25, -0.2) is 4.79 Å². The number of carbonyl (C=O) groups excluding carboxylic acids is 1. The number of carbonyl (C=O) groups is 1. The van der Waals surface area contributed by atoms with Gasteiger partial charge in [0.25, 0.3) is 4.80 Å². The van der Waals surface area contributed by atoms with Crippen LogP contribution in [0.1, 0.15) is 10.4 Å². The van der Waals surface area contributed by atoms with Crippen LogP contribution in [0.25, 0.3) is 11.1 Å². The summed E-state index contributed by atoms with van der Waals surface area (Å²) < 4.78 is 15.0. The van der Waals surface area contributed by atoms with Gasteiger partial charge >= 0.3 is 5.97 Å². The first-order chi connectivity index (χ1) is 7.65. The number of hydrogen-bond acceptors (Lipinski definition) is 5. The molecule has 5 nitrogen and oxygen atoms in total. The molecule has 0 fully saturated rings. The van der Waals surface area contributed by atoms with Gasteiger partial charge in [0.15, 0.2) is 11.1 Å². The van der Waals surface area contributed by atoms with E-state index in [1.54, 1.807) is 12.1 Å². The highest BCUT2D eigenvalue weighted by Crippen LogP contribution is 2.29. The van der Waals surface area contributed by atoms with Gasteiger partial charge in [0.2, 0.25) is 0 Å². The third-order valence-corrected chi connectivity index (χ3v) is 2.41. The van der Waals surface area contributed by atoms with Gasteiger partial charge in [0.1, 0.15) is 5.75 Å². The first kappa shape index (κ1) is 10.9. The molecule has 2 aromatic rings. The topological polar surface area (TPSA) is 61.6 Å². The highest BCUT2D eigenvalue weighted by molar-refractivity contribution is 9.10. The monoisotopic (exact) mass is 285 g/mol. The number of halogens is 1. The Morgan fingerprint density at radius 1 is 1.44 bits per heavy atom. The van der Waals surface area contributed by atoms with Crippen molar-refractivity contribution < 1.29 is 18.7 Å². The average molecular weight is 286 g/mol. The molecule has 0 saturated heterocycles. The minimum atomic E-state index is -0.451. The number of fused-ring (bicyclic) bond motifs is 1. The Bertz CT molecular complexity index is 549. The molecular formula is C10H8BrNO4. The molecular weight excluding hydrogens is 278 g/mol. The highest BCUT2D eigenvalue weighted by Gasteiger charge is 2.15. The Morgan fingerprint density at radius 3 is 2.81 bits per heavy atom. The minimum Gasteiger partial charge on any atom is -0.494 e. The molecule has 0 amide bonds. The first-order valence-corrected chi connectivity index (χ1v) is 5.17. The van der Waals surface area contributed by atoms with E-state index in [1.807, 2.05) is 0 Å². The van der Waals surface area contributed by atoms with Crippen LogP contribution in [0, 0.1) is 0 Å². The van der Waals surface area contributed by atoms with E-state index < -0.39 is 5.97 Å². The van der Waals surface area contributed by atoms with E-state index in [9.17, 15) is 4.79 Å². The average Bonchev–Trinajstić information content (AvgIpc) is 2.66. The molecule has 2 rings (SSSR count). The Labute approximate surface area is 99.5 Å². The molecule has 0 bridgehead atoms. The summed E-state index contributed by atoms with van der Waals surface area (Å²) in [5.74, 6) is 0.0140. The van der Waals surface area contributed by atoms with Crippen LogP contribution in [0.4, 0.5) is 0 Å². The zero-order chi connectivity index (χ0) is 11.7. The Kier molecular flexibility index (Phi) is 2.82. The van der Waals surface area contributed by atoms with E-state index >= 15 is 0 Å². The number of aromatic nitrogens is 1. The summed E-state index contributed by atoms with van der Waals surface area (Å²) in [6.45, 7) is 0. The third-order valence-electron chi connectivity index (χ3n) is 2.07. The maximum Gasteiger partial charge on any atom is 0.338 e. The van der Waals surface area contributed by atoms with E-state index in [1.165, 1.54) is 14.2 Å². The number of hydrogen-bond donors (Lipinski definition) is 0. The van der Waals surface area contributed by atoms with E-state index in [-0.39, 0.29) is 0 Å². The zero-order valence-electron chi connectivity index (χ0n) is 8.61. The van der Waals surface area contributed by atoms with Crippen LogP contribution in [0.5, 0.6) is 5.75 Å². The van der Waals surface area contributed by atoms with Crippen molar-refractivity contribution in [3.8, 4) is 5.75 Å². The standard InChI is InChI=1S/C10H8BrNO4/c1-14-6-3-5(9(13)15-2)4-7-8(6)12-10(11)16-7/h3-4H,1-2H3. The molecule has 0 unspecified atom stereocenters. The molecule has 0 spiro atoms. The summed E-state index contributed by atoms with van der Waals surface area (Å²) in [4.78, 5) is 15.8. The van der Waals surface area contributed by atoms with Crippen LogP contribution in [0.3, 0.4) is 0 Å². The SMILES string of the molecule is COC(=O)c1cc(OC)c2nc(Br)oc2c1. The summed E-state index contributed by atoms with van der Waals surface area (Å²) in [7, 11) is 2.81. The number of rotatable bonds is 2. The number of benzene rings is 1. The van der Waals surface area contributed by atoms with Gasteiger partial charge in [-0.15, -0.1) is 0 Å². The second-order valence-corrected chi connectivity index (χ2v) is 3.66. The first-order valence-electron chi connectivity index (χ1n) is 4.38. The van der Waals surface area contributed by atoms with Crippen LogP contribution < -0.4 is 4.74 Å². The molecule has 16 heavy (non-hydrogen) atoms. The molecule has 1 aromatic heterocycles. The maximum atomic E-state index is 11.4. The van der Waals surface area contributed by atoms with Gasteiger partial charge in [-0.05, 0) is 12.1 Å². The van der Waals surface area contributed by atoms with Crippen molar-refractivity contribution in [1.82, 2.24) is 4.98 Å². The Hall–Kier alpha value is -1.56. The fourth-order valence-electron chi connectivity index (χ4n) is 1.36. The molecule has 0 saturated carbocycles. The van der Waals surface area contributed by atoms with E-state index in [2.05, 4.69) is 25.7 Å². The van der Waals surface area contributed by atoms with Crippen LogP contribution in [0.15, 0.2) is 21.3 Å². The molecule has 6 heteroatoms. The molecule has 0 aliphatic rings. The van der Waals surface area contributed by atoms with Gasteiger partial charge in [-0.3, -0.25) is 0 Å². The van der Waals surface area contributed by atoms with Crippen molar-refractivity contribution in [1.29, 1.82) is 0 Å². The van der Waals surface area contributed by atoms with Crippen LogP contribution in [-0.2, 0) is 4.74 Å². The highest BCUT2D eigenvalue weighted by atomic mass is 79.9. The van der Waals surface area contributed by atoms with Gasteiger partial charge in [-0.1, -0.05) is 0 Å². The second-order valence-electron chi connectivity index (χ2n) is 2.98. The van der Waals surface area contributed by atoms with E-state index in [0.717, 1.165) is 0 Å². The van der Waals surface area contributed by atoms with Gasteiger partial charge in [0, 0.05) is 15.9 Å². The van der Waals surface area contributed by atoms with Crippen molar-refractivity contribution >= 4 is 33.0 Å². The normalized spacial score (nSPS) is 10.4. The molecule has 1 heterocycles. The van der Waals surface area contributed by atoms with Crippen LogP contribution in [0.2, 0.25) is 0 Å². The van der Waals surface area contributed by atoms with E-state index in [0.29, 0.717) is 27.2 Å². The van der Waals surface area contributed by atoms with Gasteiger partial charge in [-0.2, -0.15) is 4.98 Å². The summed E-state index contributed by atoms with van der Waals surface area (Å²) in [6, 6.07) is 3.12. The second kappa shape index (κ2) is 4.13. The Balaban J connectivity index is 2.67. The molecule has 0 aliphatic carbocycles. The van der Waals surface area contributed by atoms with E-state index in [4.69, 9.17) is 9.15 Å². The largest absolute Gasteiger partial charge is 0.494 e. The zero-order valence-corrected chi connectivity index (χ0v) is 10.2. The number of methoxy groups -OCH3 is 2. The number of nitrogens with zero attached hydrogens (tertiary/aromatic N) is 1. The lowest BCUT2D eigenvalue weighted by atomic mass is 10.2. The van der Waals surface area contributed by atoms with Crippen molar-refractivity contribution in [2.75, 3.05) is 14.2 Å². The molecule has 0 aliphatic heterocycles. The number of esters is 1.